The van der Waals surface area contributed by atoms with Gasteiger partial charge in [-0.2, -0.15) is 5.10 Å². The highest BCUT2D eigenvalue weighted by atomic mass is 16.2. The van der Waals surface area contributed by atoms with Crippen LogP contribution >= 0.6 is 0 Å². The van der Waals surface area contributed by atoms with Gasteiger partial charge in [0.2, 0.25) is 11.8 Å². The molecule has 0 radical (unpaired) electrons. The van der Waals surface area contributed by atoms with Crippen LogP contribution in [0.1, 0.15) is 31.4 Å². The number of aryl methyl sites for hydroxylation is 1. The Bertz CT molecular complexity index is 891. The minimum absolute atomic E-state index is 0.0389. The molecule has 30 heavy (non-hydrogen) atoms. The maximum Gasteiger partial charge on any atom is 0.241 e. The normalized spacial score (nSPS) is 13.7. The number of nitrogens with one attached hydrogen (secondary N) is 1. The van der Waals surface area contributed by atoms with Crippen molar-refractivity contribution >= 4 is 23.1 Å². The molecule has 1 aliphatic rings. The van der Waals surface area contributed by atoms with Gasteiger partial charge in [0.25, 0.3) is 0 Å². The molecular weight excluding hydrogens is 376 g/mol. The lowest BCUT2D eigenvalue weighted by Crippen LogP contribution is -2.45. The lowest BCUT2D eigenvalue weighted by molar-refractivity contribution is -0.124. The van der Waals surface area contributed by atoms with Gasteiger partial charge in [-0.3, -0.25) is 14.6 Å². The number of hydrazone groups is 1. The summed E-state index contributed by atoms with van der Waals surface area (Å²) in [6.45, 7) is 13.1. The Balaban J connectivity index is 0.000000303. The Hall–Kier alpha value is -3.59. The second-order valence-electron chi connectivity index (χ2n) is 6.76. The van der Waals surface area contributed by atoms with Gasteiger partial charge in [0, 0.05) is 18.5 Å². The standard InChI is InChI=1S/C12H15N3O.C12H15NO/c1-4-6-10(3)11(5-2)14-15-8-7-13-12(16)9-15;1-9(2)11-6-4-3-5-10(11)7-8-12(13)14/h2,4,6H,3,7-9H2,1H3,(H,13,16);3-6H,1,7-8H2,2H3,(H2,13,14)/b6-4-,14-11+;. The molecule has 1 saturated heterocycles. The van der Waals surface area contributed by atoms with Crippen LogP contribution < -0.4 is 11.1 Å². The predicted octanol–water partition coefficient (Wildman–Crippen LogP) is 2.68. The van der Waals surface area contributed by atoms with Crippen molar-refractivity contribution in [2.75, 3.05) is 19.6 Å². The van der Waals surface area contributed by atoms with Gasteiger partial charge < -0.3 is 11.1 Å². The number of nitrogens with zero attached hydrogens (tertiary/aromatic N) is 2. The second kappa shape index (κ2) is 12.8. The summed E-state index contributed by atoms with van der Waals surface area (Å²) in [5, 5.41) is 8.60. The molecule has 3 N–H and O–H groups in total. The predicted molar refractivity (Wildman–Crippen MR) is 123 cm³/mol. The Morgan fingerprint density at radius 3 is 2.67 bits per heavy atom. The molecule has 158 valence electrons. The monoisotopic (exact) mass is 406 g/mol. The van der Waals surface area contributed by atoms with Crippen molar-refractivity contribution < 1.29 is 9.59 Å². The second-order valence-corrected chi connectivity index (χ2v) is 6.76. The van der Waals surface area contributed by atoms with Crippen LogP contribution in [-0.2, 0) is 16.0 Å². The zero-order valence-corrected chi connectivity index (χ0v) is 17.8. The number of hydrogen-bond acceptors (Lipinski definition) is 4. The third kappa shape index (κ3) is 8.61. The van der Waals surface area contributed by atoms with Gasteiger partial charge in [-0.1, -0.05) is 55.1 Å². The number of terminal acetylenes is 1. The molecule has 0 aromatic heterocycles. The topological polar surface area (TPSA) is 87.8 Å². The molecular formula is C24H30N4O2. The minimum atomic E-state index is -0.262. The Morgan fingerprint density at radius 1 is 1.40 bits per heavy atom. The molecule has 0 aliphatic carbocycles. The van der Waals surface area contributed by atoms with Gasteiger partial charge in [-0.15, -0.1) is 6.42 Å². The fourth-order valence-electron chi connectivity index (χ4n) is 2.73. The van der Waals surface area contributed by atoms with E-state index in [-0.39, 0.29) is 18.4 Å². The van der Waals surface area contributed by atoms with E-state index in [0.29, 0.717) is 37.2 Å². The number of primary amides is 1. The largest absolute Gasteiger partial charge is 0.370 e. The van der Waals surface area contributed by atoms with Crippen LogP contribution in [0.25, 0.3) is 5.57 Å². The fraction of sp³-hybridized carbons (Fsp3) is 0.292. The lowest BCUT2D eigenvalue weighted by atomic mass is 9.98. The molecule has 1 aromatic carbocycles. The third-order valence-corrected chi connectivity index (χ3v) is 4.19. The molecule has 0 bridgehead atoms. The smallest absolute Gasteiger partial charge is 0.241 e. The highest BCUT2D eigenvalue weighted by Crippen LogP contribution is 2.18. The van der Waals surface area contributed by atoms with E-state index in [2.05, 4.69) is 29.5 Å². The van der Waals surface area contributed by atoms with Crippen molar-refractivity contribution in [2.45, 2.75) is 26.7 Å². The van der Waals surface area contributed by atoms with E-state index in [9.17, 15) is 9.59 Å². The van der Waals surface area contributed by atoms with Gasteiger partial charge in [0.15, 0.2) is 0 Å². The van der Waals surface area contributed by atoms with Gasteiger partial charge in [-0.05, 0) is 37.3 Å². The van der Waals surface area contributed by atoms with Crippen LogP contribution in [0.3, 0.4) is 0 Å². The van der Waals surface area contributed by atoms with Crippen molar-refractivity contribution in [1.29, 1.82) is 0 Å². The van der Waals surface area contributed by atoms with E-state index in [4.69, 9.17) is 12.2 Å². The summed E-state index contributed by atoms with van der Waals surface area (Å²) < 4.78 is 0. The molecule has 1 aliphatic heterocycles. The summed E-state index contributed by atoms with van der Waals surface area (Å²) in [4.78, 5) is 21.8. The average Bonchev–Trinajstić information content (AvgIpc) is 2.71. The highest BCUT2D eigenvalue weighted by molar-refractivity contribution is 6.13. The van der Waals surface area contributed by atoms with E-state index >= 15 is 0 Å². The summed E-state index contributed by atoms with van der Waals surface area (Å²) >= 11 is 0. The summed E-state index contributed by atoms with van der Waals surface area (Å²) in [7, 11) is 0. The highest BCUT2D eigenvalue weighted by Gasteiger charge is 2.14. The van der Waals surface area contributed by atoms with Crippen LogP contribution in [0, 0.1) is 12.3 Å². The number of carbonyl (C=O) groups is 2. The number of piperazine rings is 1. The summed E-state index contributed by atoms with van der Waals surface area (Å²) in [6, 6.07) is 7.95. The number of rotatable bonds is 7. The van der Waals surface area contributed by atoms with Crippen molar-refractivity contribution in [3.05, 3.63) is 66.3 Å². The molecule has 6 nitrogen and oxygen atoms in total. The van der Waals surface area contributed by atoms with Crippen molar-refractivity contribution in [3.63, 3.8) is 0 Å². The van der Waals surface area contributed by atoms with Crippen molar-refractivity contribution in [3.8, 4) is 12.3 Å². The molecule has 1 fully saturated rings. The number of benzene rings is 1. The van der Waals surface area contributed by atoms with Crippen LogP contribution in [0.15, 0.2) is 60.2 Å². The molecule has 1 heterocycles. The number of allylic oxidation sites excluding steroid dienone is 4. The first-order valence-corrected chi connectivity index (χ1v) is 9.69. The number of amides is 2. The molecule has 0 saturated carbocycles. The SMILES string of the molecule is C#C/C(=N\N1CCNC(=O)C1)C(=C)/C=C\C.C=C(C)c1ccccc1CCC(N)=O. The third-order valence-electron chi connectivity index (χ3n) is 4.19. The molecule has 0 unspecified atom stereocenters. The Kier molecular flexibility index (Phi) is 10.4. The fourth-order valence-corrected chi connectivity index (χ4v) is 2.73. The Labute approximate surface area is 179 Å². The molecule has 2 rings (SSSR count). The van der Waals surface area contributed by atoms with Crippen LogP contribution in [0.5, 0.6) is 0 Å². The lowest BCUT2D eigenvalue weighted by Gasteiger charge is -2.24. The number of nitrogens with two attached hydrogens (primary N) is 1. The number of carbonyl (C=O) groups excluding carboxylic acids is 2. The van der Waals surface area contributed by atoms with Gasteiger partial charge in [0.05, 0.1) is 6.54 Å². The zero-order valence-electron chi connectivity index (χ0n) is 17.8. The van der Waals surface area contributed by atoms with Gasteiger partial charge in [-0.25, -0.2) is 0 Å². The van der Waals surface area contributed by atoms with Crippen LogP contribution in [0.4, 0.5) is 0 Å². The first-order chi connectivity index (χ1) is 14.3. The van der Waals surface area contributed by atoms with Crippen LogP contribution in [-0.4, -0.2) is 42.2 Å². The van der Waals surface area contributed by atoms with Crippen molar-refractivity contribution in [1.82, 2.24) is 10.3 Å². The Morgan fingerprint density at radius 2 is 2.10 bits per heavy atom. The maximum atomic E-state index is 11.1. The van der Waals surface area contributed by atoms with E-state index in [0.717, 1.165) is 16.7 Å². The summed E-state index contributed by atoms with van der Waals surface area (Å²) in [5.74, 6) is 2.17. The minimum Gasteiger partial charge on any atom is -0.370 e. The first-order valence-electron chi connectivity index (χ1n) is 9.69. The average molecular weight is 407 g/mol. The van der Waals surface area contributed by atoms with E-state index < -0.39 is 0 Å². The maximum absolute atomic E-state index is 11.1. The summed E-state index contributed by atoms with van der Waals surface area (Å²) in [5.41, 5.74) is 9.52. The van der Waals surface area contributed by atoms with Gasteiger partial charge in [0.1, 0.15) is 12.3 Å². The van der Waals surface area contributed by atoms with Gasteiger partial charge >= 0.3 is 0 Å². The zero-order chi connectivity index (χ0) is 22.5. The van der Waals surface area contributed by atoms with Crippen LogP contribution in [0.2, 0.25) is 0 Å². The molecule has 2 amide bonds. The molecule has 0 spiro atoms. The summed E-state index contributed by atoms with van der Waals surface area (Å²) in [6.07, 6.45) is 10.1. The quantitative estimate of drug-likeness (QED) is 0.415. The molecule has 1 aromatic rings. The van der Waals surface area contributed by atoms with E-state index in [1.54, 1.807) is 11.1 Å². The van der Waals surface area contributed by atoms with E-state index in [1.165, 1.54) is 0 Å². The first kappa shape index (κ1) is 24.4. The van der Waals surface area contributed by atoms with Crippen molar-refractivity contribution in [2.24, 2.45) is 10.8 Å². The molecule has 0 atom stereocenters. The number of hydrogen-bond donors (Lipinski definition) is 2. The van der Waals surface area contributed by atoms with E-state index in [1.807, 2.05) is 44.2 Å². The molecule has 6 heteroatoms.